The maximum atomic E-state index is 5.89. The van der Waals surface area contributed by atoms with Gasteiger partial charge in [-0.15, -0.1) is 0 Å². The highest BCUT2D eigenvalue weighted by atomic mass is 35.5. The highest BCUT2D eigenvalue weighted by Crippen LogP contribution is 2.14. The molecule has 0 aliphatic carbocycles. The molecule has 108 valence electrons. The van der Waals surface area contributed by atoms with Crippen molar-refractivity contribution in [3.05, 3.63) is 95.3 Å². The Hall–Kier alpha value is -2.65. The van der Waals surface area contributed by atoms with Crippen molar-refractivity contribution in [3.63, 3.8) is 0 Å². The van der Waals surface area contributed by atoms with Crippen molar-refractivity contribution in [3.8, 4) is 0 Å². The first-order chi connectivity index (χ1) is 10.8. The van der Waals surface area contributed by atoms with Crippen molar-refractivity contribution >= 4 is 23.0 Å². The Morgan fingerprint density at radius 1 is 0.864 bits per heavy atom. The normalized spacial score (nSPS) is 10.0. The summed E-state index contributed by atoms with van der Waals surface area (Å²) in [6.45, 7) is 0. The second kappa shape index (κ2) is 6.87. The van der Waals surface area contributed by atoms with E-state index in [-0.39, 0.29) is 0 Å². The van der Waals surface area contributed by atoms with Crippen LogP contribution in [-0.4, -0.2) is 10.7 Å². The molecule has 22 heavy (non-hydrogen) atoms. The molecule has 0 bridgehead atoms. The average molecular weight is 308 g/mol. The highest BCUT2D eigenvalue weighted by Gasteiger charge is 2.06. The fraction of sp³-hybridized carbons (Fsp3) is 0. The summed E-state index contributed by atoms with van der Waals surface area (Å²) in [6.07, 6.45) is 1.64. The minimum absolute atomic E-state index is 0.432. The summed E-state index contributed by atoms with van der Waals surface area (Å²) >= 11 is 5.89. The first-order valence-corrected chi connectivity index (χ1v) is 7.27. The Labute approximate surface area is 134 Å². The van der Waals surface area contributed by atoms with Crippen LogP contribution < -0.4 is 5.43 Å². The van der Waals surface area contributed by atoms with E-state index in [9.17, 15) is 0 Å². The topological polar surface area (TPSA) is 37.3 Å². The van der Waals surface area contributed by atoms with Gasteiger partial charge in [0.15, 0.2) is 0 Å². The molecular formula is C18H14ClN3. The number of aromatic nitrogens is 1. The molecule has 0 unspecified atom stereocenters. The lowest BCUT2D eigenvalue weighted by molar-refractivity contribution is 1.27. The van der Waals surface area contributed by atoms with E-state index < -0.39 is 0 Å². The van der Waals surface area contributed by atoms with Crippen molar-refractivity contribution in [1.29, 1.82) is 0 Å². The Morgan fingerprint density at radius 2 is 1.45 bits per heavy atom. The van der Waals surface area contributed by atoms with Crippen molar-refractivity contribution in [2.24, 2.45) is 5.10 Å². The fourth-order valence-electron chi connectivity index (χ4n) is 2.08. The zero-order valence-electron chi connectivity index (χ0n) is 11.8. The summed E-state index contributed by atoms with van der Waals surface area (Å²) in [7, 11) is 0. The van der Waals surface area contributed by atoms with E-state index in [0.29, 0.717) is 5.15 Å². The van der Waals surface area contributed by atoms with Gasteiger partial charge in [0, 0.05) is 23.4 Å². The van der Waals surface area contributed by atoms with E-state index in [1.807, 2.05) is 66.7 Å². The number of pyridine rings is 1. The molecule has 1 N–H and O–H groups in total. The van der Waals surface area contributed by atoms with Gasteiger partial charge in [0.1, 0.15) is 5.15 Å². The third-order valence-corrected chi connectivity index (χ3v) is 3.32. The molecule has 1 aromatic heterocycles. The molecule has 0 spiro atoms. The summed E-state index contributed by atoms with van der Waals surface area (Å²) in [5.74, 6) is 0. The lowest BCUT2D eigenvalue weighted by Crippen LogP contribution is -2.06. The van der Waals surface area contributed by atoms with Gasteiger partial charge in [-0.1, -0.05) is 72.3 Å². The molecule has 0 saturated carbocycles. The number of hydrogen-bond donors (Lipinski definition) is 1. The molecule has 2 aromatic carbocycles. The Morgan fingerprint density at radius 3 is 2.00 bits per heavy atom. The molecule has 0 amide bonds. The predicted octanol–water partition coefficient (Wildman–Crippen LogP) is 4.60. The van der Waals surface area contributed by atoms with Gasteiger partial charge >= 0.3 is 0 Å². The van der Waals surface area contributed by atoms with Gasteiger partial charge in [-0.25, -0.2) is 4.98 Å². The van der Waals surface area contributed by atoms with Gasteiger partial charge in [-0.2, -0.15) is 5.10 Å². The SMILES string of the molecule is Clc1cc(NN=C(c2ccccc2)c2ccccc2)ccn1. The lowest BCUT2D eigenvalue weighted by Gasteiger charge is -2.08. The van der Waals surface area contributed by atoms with Crippen LogP contribution in [0.25, 0.3) is 0 Å². The second-order valence-electron chi connectivity index (χ2n) is 4.67. The maximum absolute atomic E-state index is 5.89. The van der Waals surface area contributed by atoms with Gasteiger partial charge < -0.3 is 0 Å². The molecule has 3 rings (SSSR count). The monoisotopic (exact) mass is 307 g/mol. The summed E-state index contributed by atoms with van der Waals surface area (Å²) in [5.41, 5.74) is 6.80. The van der Waals surface area contributed by atoms with Crippen LogP contribution in [-0.2, 0) is 0 Å². The smallest absolute Gasteiger partial charge is 0.131 e. The Kier molecular flexibility index (Phi) is 4.47. The van der Waals surface area contributed by atoms with Crippen molar-refractivity contribution < 1.29 is 0 Å². The molecule has 3 aromatic rings. The van der Waals surface area contributed by atoms with E-state index in [1.165, 1.54) is 0 Å². The van der Waals surface area contributed by atoms with Crippen LogP contribution in [0.15, 0.2) is 84.1 Å². The van der Waals surface area contributed by atoms with Gasteiger partial charge in [0.05, 0.1) is 11.4 Å². The largest absolute Gasteiger partial charge is 0.278 e. The van der Waals surface area contributed by atoms with Gasteiger partial charge in [0.25, 0.3) is 0 Å². The molecule has 3 nitrogen and oxygen atoms in total. The van der Waals surface area contributed by atoms with Crippen LogP contribution >= 0.6 is 11.6 Å². The number of hydrazone groups is 1. The second-order valence-corrected chi connectivity index (χ2v) is 5.06. The number of anilines is 1. The molecule has 0 aliphatic rings. The summed E-state index contributed by atoms with van der Waals surface area (Å²) < 4.78 is 0. The molecule has 4 heteroatoms. The Balaban J connectivity index is 1.97. The fourth-order valence-corrected chi connectivity index (χ4v) is 2.25. The number of benzene rings is 2. The molecule has 0 fully saturated rings. The summed E-state index contributed by atoms with van der Waals surface area (Å²) in [5, 5.41) is 4.99. The van der Waals surface area contributed by atoms with E-state index in [2.05, 4.69) is 15.5 Å². The summed E-state index contributed by atoms with van der Waals surface area (Å²) in [4.78, 5) is 3.96. The zero-order valence-corrected chi connectivity index (χ0v) is 12.5. The number of halogens is 1. The van der Waals surface area contributed by atoms with E-state index in [1.54, 1.807) is 12.3 Å². The molecule has 1 heterocycles. The first kappa shape index (κ1) is 14.3. The standard InChI is InChI=1S/C18H14ClN3/c19-17-13-16(11-12-20-17)21-22-18(14-7-3-1-4-8-14)15-9-5-2-6-10-15/h1-13H,(H,20,21). The number of hydrogen-bond acceptors (Lipinski definition) is 3. The van der Waals surface area contributed by atoms with Crippen LogP contribution in [0.2, 0.25) is 5.15 Å². The van der Waals surface area contributed by atoms with Crippen molar-refractivity contribution in [1.82, 2.24) is 4.98 Å². The van der Waals surface area contributed by atoms with Crippen LogP contribution in [0.5, 0.6) is 0 Å². The predicted molar refractivity (Wildman–Crippen MR) is 91.4 cm³/mol. The first-order valence-electron chi connectivity index (χ1n) is 6.89. The van der Waals surface area contributed by atoms with Gasteiger partial charge in [0.2, 0.25) is 0 Å². The van der Waals surface area contributed by atoms with Gasteiger partial charge in [-0.3, -0.25) is 5.43 Å². The van der Waals surface area contributed by atoms with Crippen molar-refractivity contribution in [2.45, 2.75) is 0 Å². The maximum Gasteiger partial charge on any atom is 0.131 e. The third kappa shape index (κ3) is 3.51. The van der Waals surface area contributed by atoms with E-state index >= 15 is 0 Å². The molecule has 0 atom stereocenters. The number of rotatable bonds is 4. The van der Waals surface area contributed by atoms with Crippen molar-refractivity contribution in [2.75, 3.05) is 5.43 Å². The lowest BCUT2D eigenvalue weighted by atomic mass is 10.0. The molecule has 0 aliphatic heterocycles. The third-order valence-electron chi connectivity index (χ3n) is 3.12. The van der Waals surface area contributed by atoms with E-state index in [0.717, 1.165) is 22.5 Å². The summed E-state index contributed by atoms with van der Waals surface area (Å²) in [6, 6.07) is 23.7. The van der Waals surface area contributed by atoms with Gasteiger partial charge in [-0.05, 0) is 6.07 Å². The number of nitrogens with zero attached hydrogens (tertiary/aromatic N) is 2. The average Bonchev–Trinajstić information content (AvgIpc) is 2.57. The molecule has 0 saturated heterocycles. The van der Waals surface area contributed by atoms with E-state index in [4.69, 9.17) is 11.6 Å². The quantitative estimate of drug-likeness (QED) is 0.434. The van der Waals surface area contributed by atoms with Crippen LogP contribution in [0.1, 0.15) is 11.1 Å². The van der Waals surface area contributed by atoms with Crippen LogP contribution in [0.3, 0.4) is 0 Å². The highest BCUT2D eigenvalue weighted by molar-refractivity contribution is 6.29. The number of nitrogens with one attached hydrogen (secondary N) is 1. The molecule has 0 radical (unpaired) electrons. The van der Waals surface area contributed by atoms with Crippen LogP contribution in [0.4, 0.5) is 5.69 Å². The van der Waals surface area contributed by atoms with Crippen LogP contribution in [0, 0.1) is 0 Å². The minimum Gasteiger partial charge on any atom is -0.278 e. The zero-order chi connectivity index (χ0) is 15.2. The Bertz CT molecular complexity index is 729. The molecular weight excluding hydrogens is 294 g/mol. The minimum atomic E-state index is 0.432.